The molecule has 1 amide bonds. The Morgan fingerprint density at radius 2 is 2.25 bits per heavy atom. The number of primary amides is 1. The Balaban J connectivity index is 2.50. The molecule has 0 aliphatic rings. The second kappa shape index (κ2) is 4.09. The fraction of sp³-hybridized carbons (Fsp3) is 0.0909. The maximum Gasteiger partial charge on any atom is 0.266 e. The summed E-state index contributed by atoms with van der Waals surface area (Å²) in [6, 6.07) is 7.48. The smallest absolute Gasteiger partial charge is 0.266 e. The van der Waals surface area contributed by atoms with Gasteiger partial charge in [-0.15, -0.1) is 0 Å². The molecule has 0 unspecified atom stereocenters. The highest BCUT2D eigenvalue weighted by atomic mass is 79.9. The first-order chi connectivity index (χ1) is 7.59. The molecule has 0 aliphatic carbocycles. The van der Waals surface area contributed by atoms with Crippen molar-refractivity contribution in [2.24, 2.45) is 5.73 Å². The van der Waals surface area contributed by atoms with Crippen LogP contribution in [-0.4, -0.2) is 16.1 Å². The summed E-state index contributed by atoms with van der Waals surface area (Å²) >= 11 is 3.45. The maximum atomic E-state index is 10.9. The fourth-order valence-electron chi connectivity index (χ4n) is 1.47. The number of nitrogens with one attached hydrogen (secondary N) is 1. The quantitative estimate of drug-likeness (QED) is 0.885. The number of carbonyl (C=O) groups excluding carboxylic acids is 1. The van der Waals surface area contributed by atoms with Crippen molar-refractivity contribution in [2.45, 2.75) is 6.92 Å². The van der Waals surface area contributed by atoms with Crippen LogP contribution in [0.1, 0.15) is 16.1 Å². The molecular formula is C11H10BrN3O. The number of hydrogen-bond acceptors (Lipinski definition) is 2. The monoisotopic (exact) mass is 279 g/mol. The number of nitrogens with two attached hydrogens (primary N) is 1. The first-order valence-electron chi connectivity index (χ1n) is 4.70. The minimum absolute atomic E-state index is 0.314. The van der Waals surface area contributed by atoms with Gasteiger partial charge in [-0.05, 0) is 24.6 Å². The molecule has 4 nitrogen and oxygen atoms in total. The first kappa shape index (κ1) is 10.9. The molecule has 16 heavy (non-hydrogen) atoms. The molecule has 0 aliphatic heterocycles. The van der Waals surface area contributed by atoms with Gasteiger partial charge in [0.05, 0.1) is 5.69 Å². The number of H-pyrrole nitrogens is 1. The molecule has 1 aromatic heterocycles. The standard InChI is InChI=1S/C11H10BrN3O/c1-6-7(3-2-4-8(6)12)9-5-10(11(13)16)15-14-9/h2-5H,1H3,(H2,13,16)(H,14,15). The van der Waals surface area contributed by atoms with E-state index in [0.29, 0.717) is 11.4 Å². The Morgan fingerprint density at radius 3 is 2.88 bits per heavy atom. The van der Waals surface area contributed by atoms with Crippen LogP contribution < -0.4 is 5.73 Å². The summed E-state index contributed by atoms with van der Waals surface area (Å²) in [6.07, 6.45) is 0. The lowest BCUT2D eigenvalue weighted by atomic mass is 10.1. The van der Waals surface area contributed by atoms with Crippen molar-refractivity contribution >= 4 is 21.8 Å². The summed E-state index contributed by atoms with van der Waals surface area (Å²) in [4.78, 5) is 10.9. The third-order valence-electron chi connectivity index (χ3n) is 2.39. The Morgan fingerprint density at radius 1 is 1.50 bits per heavy atom. The Labute approximate surface area is 101 Å². The molecule has 5 heteroatoms. The van der Waals surface area contributed by atoms with Crippen LogP contribution in [0.3, 0.4) is 0 Å². The maximum absolute atomic E-state index is 10.9. The van der Waals surface area contributed by atoms with Gasteiger partial charge >= 0.3 is 0 Å². The first-order valence-corrected chi connectivity index (χ1v) is 5.49. The highest BCUT2D eigenvalue weighted by molar-refractivity contribution is 9.10. The van der Waals surface area contributed by atoms with Crippen LogP contribution in [0.15, 0.2) is 28.7 Å². The van der Waals surface area contributed by atoms with E-state index in [1.807, 2.05) is 25.1 Å². The summed E-state index contributed by atoms with van der Waals surface area (Å²) in [5.41, 5.74) is 8.23. The zero-order valence-electron chi connectivity index (χ0n) is 8.62. The van der Waals surface area contributed by atoms with Crippen LogP contribution in [0, 0.1) is 6.92 Å². The van der Waals surface area contributed by atoms with E-state index in [0.717, 1.165) is 15.6 Å². The van der Waals surface area contributed by atoms with Gasteiger partial charge in [0, 0.05) is 10.0 Å². The topological polar surface area (TPSA) is 71.8 Å². The molecular weight excluding hydrogens is 270 g/mol. The average Bonchev–Trinajstić information content (AvgIpc) is 2.71. The zero-order chi connectivity index (χ0) is 11.7. The normalized spacial score (nSPS) is 10.4. The summed E-state index contributed by atoms with van der Waals surface area (Å²) in [7, 11) is 0. The molecule has 1 heterocycles. The van der Waals surface area contributed by atoms with E-state index < -0.39 is 5.91 Å². The van der Waals surface area contributed by atoms with Gasteiger partial charge in [-0.2, -0.15) is 5.10 Å². The van der Waals surface area contributed by atoms with Gasteiger partial charge in [0.1, 0.15) is 5.69 Å². The molecule has 0 saturated carbocycles. The number of nitrogens with zero attached hydrogens (tertiary/aromatic N) is 1. The van der Waals surface area contributed by atoms with Crippen molar-refractivity contribution in [1.82, 2.24) is 10.2 Å². The van der Waals surface area contributed by atoms with E-state index in [1.54, 1.807) is 6.07 Å². The molecule has 2 aromatic rings. The minimum Gasteiger partial charge on any atom is -0.364 e. The lowest BCUT2D eigenvalue weighted by Gasteiger charge is -2.03. The third kappa shape index (κ3) is 1.86. The number of rotatable bonds is 2. The highest BCUT2D eigenvalue weighted by Crippen LogP contribution is 2.27. The summed E-state index contributed by atoms with van der Waals surface area (Å²) < 4.78 is 1.01. The van der Waals surface area contributed by atoms with Gasteiger partial charge in [-0.25, -0.2) is 0 Å². The molecule has 0 saturated heterocycles. The molecule has 3 N–H and O–H groups in total. The highest BCUT2D eigenvalue weighted by Gasteiger charge is 2.10. The molecule has 0 atom stereocenters. The van der Waals surface area contributed by atoms with Gasteiger partial charge in [0.15, 0.2) is 0 Å². The van der Waals surface area contributed by atoms with Crippen LogP contribution in [-0.2, 0) is 0 Å². The van der Waals surface area contributed by atoms with Crippen LogP contribution in [0.5, 0.6) is 0 Å². The Hall–Kier alpha value is -1.62. The molecule has 82 valence electrons. The van der Waals surface area contributed by atoms with Crippen LogP contribution in [0.4, 0.5) is 0 Å². The largest absolute Gasteiger partial charge is 0.364 e. The van der Waals surface area contributed by atoms with E-state index in [-0.39, 0.29) is 0 Å². The molecule has 0 bridgehead atoms. The molecule has 0 spiro atoms. The third-order valence-corrected chi connectivity index (χ3v) is 3.25. The number of amides is 1. The summed E-state index contributed by atoms with van der Waals surface area (Å²) in [5, 5.41) is 6.67. The predicted octanol–water partition coefficient (Wildman–Crippen LogP) is 2.25. The van der Waals surface area contributed by atoms with Crippen molar-refractivity contribution in [3.05, 3.63) is 40.0 Å². The second-order valence-corrected chi connectivity index (χ2v) is 4.30. The minimum atomic E-state index is -0.508. The molecule has 2 rings (SSSR count). The second-order valence-electron chi connectivity index (χ2n) is 3.44. The van der Waals surface area contributed by atoms with Crippen LogP contribution >= 0.6 is 15.9 Å². The lowest BCUT2D eigenvalue weighted by Crippen LogP contribution is -2.10. The van der Waals surface area contributed by atoms with Crippen molar-refractivity contribution in [3.63, 3.8) is 0 Å². The van der Waals surface area contributed by atoms with Gasteiger partial charge in [0.2, 0.25) is 0 Å². The van der Waals surface area contributed by atoms with Crippen molar-refractivity contribution in [1.29, 1.82) is 0 Å². The van der Waals surface area contributed by atoms with E-state index in [9.17, 15) is 4.79 Å². The Kier molecular flexibility index (Phi) is 2.78. The van der Waals surface area contributed by atoms with Gasteiger partial charge in [-0.3, -0.25) is 9.89 Å². The van der Waals surface area contributed by atoms with Crippen molar-refractivity contribution < 1.29 is 4.79 Å². The number of benzene rings is 1. The van der Waals surface area contributed by atoms with E-state index >= 15 is 0 Å². The van der Waals surface area contributed by atoms with Gasteiger partial charge < -0.3 is 5.73 Å². The average molecular weight is 280 g/mol. The van der Waals surface area contributed by atoms with Crippen molar-refractivity contribution in [2.75, 3.05) is 0 Å². The van der Waals surface area contributed by atoms with E-state index in [4.69, 9.17) is 5.73 Å². The van der Waals surface area contributed by atoms with E-state index in [2.05, 4.69) is 26.1 Å². The summed E-state index contributed by atoms with van der Waals surface area (Å²) in [5.74, 6) is -0.508. The van der Waals surface area contributed by atoms with Crippen LogP contribution in [0.25, 0.3) is 11.3 Å². The molecule has 0 fully saturated rings. The predicted molar refractivity (Wildman–Crippen MR) is 65.0 cm³/mol. The Bertz CT molecular complexity index is 548. The fourth-order valence-corrected chi connectivity index (χ4v) is 1.84. The number of aromatic nitrogens is 2. The summed E-state index contributed by atoms with van der Waals surface area (Å²) in [6.45, 7) is 1.98. The number of carbonyl (C=O) groups is 1. The lowest BCUT2D eigenvalue weighted by molar-refractivity contribution is 0.0995. The van der Waals surface area contributed by atoms with Crippen LogP contribution in [0.2, 0.25) is 0 Å². The molecule has 1 aromatic carbocycles. The van der Waals surface area contributed by atoms with E-state index in [1.165, 1.54) is 0 Å². The number of aromatic amines is 1. The SMILES string of the molecule is Cc1c(Br)cccc1-c1cc(C(N)=O)[nH]n1. The van der Waals surface area contributed by atoms with Gasteiger partial charge in [0.25, 0.3) is 5.91 Å². The van der Waals surface area contributed by atoms with Gasteiger partial charge in [-0.1, -0.05) is 28.1 Å². The number of hydrogen-bond donors (Lipinski definition) is 2. The molecule has 0 radical (unpaired) electrons. The zero-order valence-corrected chi connectivity index (χ0v) is 10.2. The number of halogens is 1. The van der Waals surface area contributed by atoms with Crippen molar-refractivity contribution in [3.8, 4) is 11.3 Å².